The fourth-order valence-corrected chi connectivity index (χ4v) is 2.37. The number of aromatic nitrogens is 4. The number of rotatable bonds is 11. The highest BCUT2D eigenvalue weighted by molar-refractivity contribution is 5.55. The quantitative estimate of drug-likeness (QED) is 0.594. The fraction of sp³-hybridized carbons (Fsp3) is 0.611. The molecule has 0 aliphatic rings. The lowest BCUT2D eigenvalue weighted by Gasteiger charge is -2.14. The summed E-state index contributed by atoms with van der Waals surface area (Å²) in [6, 6.07) is 1.73. The number of unbranched alkanes of at least 4 members (excludes halogenated alkanes) is 2. The number of pyridine rings is 1. The summed E-state index contributed by atoms with van der Waals surface area (Å²) < 4.78 is 13.0. The van der Waals surface area contributed by atoms with Crippen molar-refractivity contribution in [2.45, 2.75) is 59.1 Å². The molecule has 0 radical (unpaired) electrons. The van der Waals surface area contributed by atoms with Crippen molar-refractivity contribution >= 4 is 0 Å². The summed E-state index contributed by atoms with van der Waals surface area (Å²) in [5, 5.41) is 16.1. The number of hydrogen-bond donors (Lipinski definition) is 2. The summed E-state index contributed by atoms with van der Waals surface area (Å²) in [4.78, 5) is 16.3. The van der Waals surface area contributed by atoms with E-state index in [1.807, 2.05) is 0 Å². The molecule has 0 unspecified atom stereocenters. The monoisotopic (exact) mass is 364 g/mol. The maximum Gasteiger partial charge on any atom is 0.343 e. The number of nitrogens with one attached hydrogen (secondary N) is 1. The second kappa shape index (κ2) is 9.96. The van der Waals surface area contributed by atoms with Gasteiger partial charge in [0.2, 0.25) is 0 Å². The maximum atomic E-state index is 11.9. The van der Waals surface area contributed by atoms with Crippen molar-refractivity contribution < 1.29 is 14.6 Å². The Balaban J connectivity index is 2.32. The normalized spacial score (nSPS) is 12.2. The third kappa shape index (κ3) is 5.32. The molecule has 26 heavy (non-hydrogen) atoms. The van der Waals surface area contributed by atoms with Crippen LogP contribution in [0.5, 0.6) is 11.5 Å². The van der Waals surface area contributed by atoms with E-state index in [1.165, 1.54) is 4.57 Å². The van der Waals surface area contributed by atoms with Crippen molar-refractivity contribution in [3.63, 3.8) is 0 Å². The van der Waals surface area contributed by atoms with Crippen molar-refractivity contribution in [3.8, 4) is 23.0 Å². The van der Waals surface area contributed by atoms with Crippen molar-refractivity contribution in [2.75, 3.05) is 13.2 Å². The SMILES string of the molecule is CCCCOc1cnc(-c2n[nH]c(=O)n2C[C@@H](C)O)cc1OCCCC. The third-order valence-corrected chi connectivity index (χ3v) is 3.78. The molecule has 2 rings (SSSR count). The van der Waals surface area contributed by atoms with Crippen LogP contribution in [0.3, 0.4) is 0 Å². The molecule has 144 valence electrons. The van der Waals surface area contributed by atoms with Crippen LogP contribution in [0.25, 0.3) is 11.5 Å². The minimum atomic E-state index is -0.680. The van der Waals surface area contributed by atoms with Gasteiger partial charge in [-0.05, 0) is 19.8 Å². The molecule has 0 fully saturated rings. The molecule has 1 atom stereocenters. The molecule has 0 aliphatic carbocycles. The summed E-state index contributed by atoms with van der Waals surface area (Å²) in [6.07, 6.45) is 4.86. The summed E-state index contributed by atoms with van der Waals surface area (Å²) in [6.45, 7) is 7.11. The van der Waals surface area contributed by atoms with Gasteiger partial charge in [0.05, 0.1) is 32.1 Å². The zero-order valence-electron chi connectivity index (χ0n) is 15.7. The van der Waals surface area contributed by atoms with Crippen molar-refractivity contribution in [1.82, 2.24) is 19.7 Å². The number of nitrogens with zero attached hydrogens (tertiary/aromatic N) is 3. The standard InChI is InChI=1S/C18H28N4O4/c1-4-6-8-25-15-10-14(19-11-16(15)26-9-7-5-2)17-20-21-18(24)22(17)12-13(3)23/h10-11,13,23H,4-9,12H2,1-3H3,(H,21,24)/t13-/m1/s1. The number of aliphatic hydroxyl groups is 1. The average molecular weight is 364 g/mol. The van der Waals surface area contributed by atoms with E-state index in [-0.39, 0.29) is 12.2 Å². The van der Waals surface area contributed by atoms with Gasteiger partial charge in [0.1, 0.15) is 5.69 Å². The van der Waals surface area contributed by atoms with Gasteiger partial charge >= 0.3 is 5.69 Å². The molecule has 8 nitrogen and oxygen atoms in total. The lowest BCUT2D eigenvalue weighted by atomic mass is 10.3. The average Bonchev–Trinajstić information content (AvgIpc) is 2.96. The molecule has 0 amide bonds. The van der Waals surface area contributed by atoms with Crippen LogP contribution < -0.4 is 15.2 Å². The van der Waals surface area contributed by atoms with Crippen molar-refractivity contribution in [2.24, 2.45) is 0 Å². The summed E-state index contributed by atoms with van der Waals surface area (Å²) in [5.74, 6) is 1.52. The van der Waals surface area contributed by atoms with E-state index in [9.17, 15) is 9.90 Å². The van der Waals surface area contributed by atoms with Gasteiger partial charge in [0.15, 0.2) is 17.3 Å². The Morgan fingerprint density at radius 1 is 1.19 bits per heavy atom. The van der Waals surface area contributed by atoms with Crippen LogP contribution in [0.1, 0.15) is 46.5 Å². The van der Waals surface area contributed by atoms with E-state index in [0.717, 1.165) is 25.7 Å². The van der Waals surface area contributed by atoms with E-state index in [1.54, 1.807) is 19.2 Å². The third-order valence-electron chi connectivity index (χ3n) is 3.78. The predicted molar refractivity (Wildman–Crippen MR) is 98.6 cm³/mol. The molecular formula is C18H28N4O4. The van der Waals surface area contributed by atoms with Crippen LogP contribution >= 0.6 is 0 Å². The Labute approximate surface area is 153 Å². The minimum absolute atomic E-state index is 0.132. The van der Waals surface area contributed by atoms with Gasteiger partial charge in [-0.3, -0.25) is 4.57 Å². The highest BCUT2D eigenvalue weighted by Gasteiger charge is 2.16. The minimum Gasteiger partial charge on any atom is -0.490 e. The second-order valence-corrected chi connectivity index (χ2v) is 6.23. The van der Waals surface area contributed by atoms with Gasteiger partial charge in [0.25, 0.3) is 0 Å². The van der Waals surface area contributed by atoms with Crippen LogP contribution in [0, 0.1) is 0 Å². The van der Waals surface area contributed by atoms with E-state index in [0.29, 0.717) is 36.2 Å². The topological polar surface area (TPSA) is 102 Å². The van der Waals surface area contributed by atoms with Crippen LogP contribution in [0.15, 0.2) is 17.1 Å². The lowest BCUT2D eigenvalue weighted by molar-refractivity contribution is 0.172. The first-order chi connectivity index (χ1) is 12.6. The van der Waals surface area contributed by atoms with Crippen LogP contribution in [-0.2, 0) is 6.54 Å². The van der Waals surface area contributed by atoms with Crippen LogP contribution in [0.4, 0.5) is 0 Å². The van der Waals surface area contributed by atoms with E-state index < -0.39 is 6.10 Å². The zero-order chi connectivity index (χ0) is 18.9. The molecule has 2 heterocycles. The predicted octanol–water partition coefficient (Wildman–Crippen LogP) is 2.37. The van der Waals surface area contributed by atoms with Crippen LogP contribution in [-0.4, -0.2) is 44.2 Å². The van der Waals surface area contributed by atoms with Gasteiger partial charge in [-0.1, -0.05) is 26.7 Å². The van der Waals surface area contributed by atoms with Gasteiger partial charge in [-0.15, -0.1) is 0 Å². The van der Waals surface area contributed by atoms with Gasteiger partial charge in [-0.25, -0.2) is 14.9 Å². The first kappa shape index (κ1) is 20.0. The first-order valence-corrected chi connectivity index (χ1v) is 9.16. The lowest BCUT2D eigenvalue weighted by Crippen LogP contribution is -2.23. The molecule has 2 aromatic heterocycles. The number of ether oxygens (including phenoxy) is 2. The van der Waals surface area contributed by atoms with Crippen molar-refractivity contribution in [1.29, 1.82) is 0 Å². The molecule has 8 heteroatoms. The van der Waals surface area contributed by atoms with E-state index in [2.05, 4.69) is 29.0 Å². The largest absolute Gasteiger partial charge is 0.490 e. The highest BCUT2D eigenvalue weighted by atomic mass is 16.5. The zero-order valence-corrected chi connectivity index (χ0v) is 15.7. The Morgan fingerprint density at radius 3 is 2.46 bits per heavy atom. The summed E-state index contributed by atoms with van der Waals surface area (Å²) >= 11 is 0. The maximum absolute atomic E-state index is 11.9. The Bertz CT molecular complexity index is 739. The fourth-order valence-electron chi connectivity index (χ4n) is 2.37. The molecule has 0 aromatic carbocycles. The second-order valence-electron chi connectivity index (χ2n) is 6.23. The number of hydrogen-bond acceptors (Lipinski definition) is 6. The molecule has 0 bridgehead atoms. The highest BCUT2D eigenvalue weighted by Crippen LogP contribution is 2.30. The smallest absolute Gasteiger partial charge is 0.343 e. The molecule has 2 aromatic rings. The van der Waals surface area contributed by atoms with Gasteiger partial charge in [-0.2, -0.15) is 5.10 Å². The molecule has 0 saturated carbocycles. The van der Waals surface area contributed by atoms with Gasteiger partial charge in [0, 0.05) is 6.07 Å². The molecule has 0 spiro atoms. The number of H-pyrrole nitrogens is 1. The summed E-state index contributed by atoms with van der Waals surface area (Å²) in [7, 11) is 0. The number of aromatic amines is 1. The van der Waals surface area contributed by atoms with Crippen molar-refractivity contribution in [3.05, 3.63) is 22.7 Å². The molecular weight excluding hydrogens is 336 g/mol. The Hall–Kier alpha value is -2.35. The molecule has 2 N–H and O–H groups in total. The van der Waals surface area contributed by atoms with Crippen LogP contribution in [0.2, 0.25) is 0 Å². The van der Waals surface area contributed by atoms with E-state index >= 15 is 0 Å². The first-order valence-electron chi connectivity index (χ1n) is 9.16. The molecule has 0 aliphatic heterocycles. The summed E-state index contributed by atoms with van der Waals surface area (Å²) in [5.41, 5.74) is 0.0952. The molecule has 0 saturated heterocycles. The van der Waals surface area contributed by atoms with Gasteiger partial charge < -0.3 is 14.6 Å². The Morgan fingerprint density at radius 2 is 1.85 bits per heavy atom. The van der Waals surface area contributed by atoms with E-state index in [4.69, 9.17) is 9.47 Å². The Kier molecular flexibility index (Phi) is 7.65. The number of aliphatic hydroxyl groups excluding tert-OH is 1.